The molecule has 0 aliphatic heterocycles. The van der Waals surface area contributed by atoms with E-state index in [9.17, 15) is 9.90 Å². The molecule has 0 saturated carbocycles. The van der Waals surface area contributed by atoms with Gasteiger partial charge in [0.05, 0.1) is 12.5 Å². The summed E-state index contributed by atoms with van der Waals surface area (Å²) in [5, 5.41) is 9.27. The van der Waals surface area contributed by atoms with Crippen molar-refractivity contribution in [2.24, 2.45) is 0 Å². The van der Waals surface area contributed by atoms with Gasteiger partial charge in [-0.15, -0.1) is 0 Å². The summed E-state index contributed by atoms with van der Waals surface area (Å²) in [6.07, 6.45) is 1.43. The van der Waals surface area contributed by atoms with Gasteiger partial charge in [0.2, 0.25) is 0 Å². The molecule has 0 aromatic heterocycles. The largest absolute Gasteiger partial charge is 0.491 e. The summed E-state index contributed by atoms with van der Waals surface area (Å²) in [5.74, 6) is -0.677. The van der Waals surface area contributed by atoms with E-state index in [-0.39, 0.29) is 0 Å². The molecule has 0 radical (unpaired) electrons. The van der Waals surface area contributed by atoms with E-state index in [0.29, 0.717) is 25.4 Å². The molecule has 1 rings (SSSR count). The molecule has 4 nitrogen and oxygen atoms in total. The number of methoxy groups -OCH3 is 1. The monoisotopic (exact) mass is 252 g/mol. The van der Waals surface area contributed by atoms with Gasteiger partial charge in [0.1, 0.15) is 12.4 Å². The zero-order chi connectivity index (χ0) is 13.4. The molecule has 1 unspecified atom stereocenters. The summed E-state index contributed by atoms with van der Waals surface area (Å²) < 4.78 is 10.5. The average Bonchev–Trinajstić information content (AvgIpc) is 2.37. The van der Waals surface area contributed by atoms with Gasteiger partial charge in [-0.25, -0.2) is 0 Å². The van der Waals surface area contributed by atoms with Crippen molar-refractivity contribution in [2.45, 2.75) is 25.7 Å². The second kappa shape index (κ2) is 7.71. The molecule has 0 spiro atoms. The van der Waals surface area contributed by atoms with Crippen LogP contribution in [0.3, 0.4) is 0 Å². The second-order valence-corrected chi connectivity index (χ2v) is 4.06. The molecule has 1 atom stereocenters. The van der Waals surface area contributed by atoms with Crippen LogP contribution in [-0.2, 0) is 9.53 Å². The normalized spacial score (nSPS) is 12.1. The van der Waals surface area contributed by atoms with Gasteiger partial charge in [-0.05, 0) is 12.5 Å². The van der Waals surface area contributed by atoms with Crippen LogP contribution in [0.5, 0.6) is 5.75 Å². The summed E-state index contributed by atoms with van der Waals surface area (Å²) in [7, 11) is 1.60. The Morgan fingerprint density at radius 2 is 2.06 bits per heavy atom. The third-order valence-electron chi connectivity index (χ3n) is 2.71. The van der Waals surface area contributed by atoms with Crippen LogP contribution in [0.2, 0.25) is 0 Å². The Kier molecular flexibility index (Phi) is 6.22. The lowest BCUT2D eigenvalue weighted by Gasteiger charge is -2.16. The minimum Gasteiger partial charge on any atom is -0.491 e. The molecule has 1 N–H and O–H groups in total. The van der Waals surface area contributed by atoms with E-state index >= 15 is 0 Å². The Bertz CT molecular complexity index is 376. The lowest BCUT2D eigenvalue weighted by molar-refractivity contribution is -0.139. The van der Waals surface area contributed by atoms with Crippen molar-refractivity contribution >= 4 is 5.97 Å². The predicted octanol–water partition coefficient (Wildman–Crippen LogP) is 2.68. The molecular formula is C14H20O4. The molecule has 18 heavy (non-hydrogen) atoms. The number of benzene rings is 1. The van der Waals surface area contributed by atoms with Gasteiger partial charge in [0.25, 0.3) is 0 Å². The van der Waals surface area contributed by atoms with Gasteiger partial charge in [0, 0.05) is 12.7 Å². The van der Waals surface area contributed by atoms with Crippen molar-refractivity contribution in [1.82, 2.24) is 0 Å². The zero-order valence-electron chi connectivity index (χ0n) is 10.9. The van der Waals surface area contributed by atoms with Crippen LogP contribution in [0.1, 0.15) is 31.2 Å². The fourth-order valence-electron chi connectivity index (χ4n) is 1.84. The molecule has 0 aliphatic rings. The lowest BCUT2D eigenvalue weighted by Crippen LogP contribution is -2.14. The van der Waals surface area contributed by atoms with E-state index in [1.807, 2.05) is 25.1 Å². The highest BCUT2D eigenvalue weighted by molar-refractivity contribution is 5.77. The first-order valence-corrected chi connectivity index (χ1v) is 6.14. The SMILES string of the molecule is CCCC(C(=O)O)c1ccccc1OCCOC. The van der Waals surface area contributed by atoms with E-state index in [0.717, 1.165) is 12.0 Å². The summed E-state index contributed by atoms with van der Waals surface area (Å²) >= 11 is 0. The fourth-order valence-corrected chi connectivity index (χ4v) is 1.84. The molecule has 0 amide bonds. The standard InChI is InChI=1S/C14H20O4/c1-3-6-12(14(15)16)11-7-4-5-8-13(11)18-10-9-17-2/h4-5,7-8,12H,3,6,9-10H2,1-2H3,(H,15,16). The van der Waals surface area contributed by atoms with Crippen LogP contribution in [0.15, 0.2) is 24.3 Å². The van der Waals surface area contributed by atoms with Gasteiger partial charge in [-0.2, -0.15) is 0 Å². The molecule has 1 aromatic carbocycles. The zero-order valence-corrected chi connectivity index (χ0v) is 10.9. The van der Waals surface area contributed by atoms with Crippen molar-refractivity contribution in [3.63, 3.8) is 0 Å². The number of carboxylic acid groups (broad SMARTS) is 1. The Balaban J connectivity index is 2.87. The van der Waals surface area contributed by atoms with Gasteiger partial charge in [0.15, 0.2) is 0 Å². The van der Waals surface area contributed by atoms with E-state index in [1.165, 1.54) is 0 Å². The molecule has 100 valence electrons. The van der Waals surface area contributed by atoms with Crippen molar-refractivity contribution in [1.29, 1.82) is 0 Å². The molecule has 0 saturated heterocycles. The van der Waals surface area contributed by atoms with Crippen LogP contribution in [-0.4, -0.2) is 31.4 Å². The first kappa shape index (κ1) is 14.5. The molecule has 0 fully saturated rings. The van der Waals surface area contributed by atoms with Gasteiger partial charge < -0.3 is 14.6 Å². The number of aliphatic carboxylic acids is 1. The quantitative estimate of drug-likeness (QED) is 0.723. The number of hydrogen-bond donors (Lipinski definition) is 1. The summed E-state index contributed by atoms with van der Waals surface area (Å²) in [6, 6.07) is 7.30. The highest BCUT2D eigenvalue weighted by atomic mass is 16.5. The summed E-state index contributed by atoms with van der Waals surface area (Å²) in [4.78, 5) is 11.3. The van der Waals surface area contributed by atoms with Crippen molar-refractivity contribution in [3.05, 3.63) is 29.8 Å². The second-order valence-electron chi connectivity index (χ2n) is 4.06. The van der Waals surface area contributed by atoms with E-state index in [2.05, 4.69) is 0 Å². The minimum atomic E-state index is -0.806. The van der Waals surface area contributed by atoms with Crippen LogP contribution in [0.25, 0.3) is 0 Å². The fraction of sp³-hybridized carbons (Fsp3) is 0.500. The first-order valence-electron chi connectivity index (χ1n) is 6.14. The topological polar surface area (TPSA) is 55.8 Å². The number of rotatable bonds is 8. The van der Waals surface area contributed by atoms with Crippen LogP contribution < -0.4 is 4.74 Å². The third kappa shape index (κ3) is 4.04. The van der Waals surface area contributed by atoms with E-state index in [4.69, 9.17) is 9.47 Å². The van der Waals surface area contributed by atoms with Gasteiger partial charge >= 0.3 is 5.97 Å². The lowest BCUT2D eigenvalue weighted by atomic mass is 9.94. The van der Waals surface area contributed by atoms with E-state index in [1.54, 1.807) is 13.2 Å². The summed E-state index contributed by atoms with van der Waals surface area (Å²) in [6.45, 7) is 2.89. The summed E-state index contributed by atoms with van der Waals surface area (Å²) in [5.41, 5.74) is 0.739. The predicted molar refractivity (Wildman–Crippen MR) is 69.1 cm³/mol. The Labute approximate surface area is 108 Å². The number of carbonyl (C=O) groups is 1. The molecule has 1 aromatic rings. The number of carboxylic acids is 1. The first-order chi connectivity index (χ1) is 8.70. The molecule has 0 bridgehead atoms. The van der Waals surface area contributed by atoms with Crippen molar-refractivity contribution < 1.29 is 19.4 Å². The van der Waals surface area contributed by atoms with Crippen molar-refractivity contribution in [2.75, 3.05) is 20.3 Å². The smallest absolute Gasteiger partial charge is 0.311 e. The molecule has 0 heterocycles. The van der Waals surface area contributed by atoms with Crippen LogP contribution in [0.4, 0.5) is 0 Å². The Morgan fingerprint density at radius 3 is 2.67 bits per heavy atom. The number of hydrogen-bond acceptors (Lipinski definition) is 3. The van der Waals surface area contributed by atoms with Crippen molar-refractivity contribution in [3.8, 4) is 5.75 Å². The van der Waals surface area contributed by atoms with Gasteiger partial charge in [-0.1, -0.05) is 31.5 Å². The highest BCUT2D eigenvalue weighted by Gasteiger charge is 2.22. The molecule has 0 aliphatic carbocycles. The minimum absolute atomic E-state index is 0.423. The average molecular weight is 252 g/mol. The maximum atomic E-state index is 11.3. The maximum Gasteiger partial charge on any atom is 0.311 e. The Morgan fingerprint density at radius 1 is 1.33 bits per heavy atom. The number of para-hydroxylation sites is 1. The van der Waals surface area contributed by atoms with Crippen LogP contribution in [0, 0.1) is 0 Å². The van der Waals surface area contributed by atoms with Crippen LogP contribution >= 0.6 is 0 Å². The molecular weight excluding hydrogens is 232 g/mol. The van der Waals surface area contributed by atoms with Gasteiger partial charge in [-0.3, -0.25) is 4.79 Å². The maximum absolute atomic E-state index is 11.3. The highest BCUT2D eigenvalue weighted by Crippen LogP contribution is 2.30. The van der Waals surface area contributed by atoms with E-state index < -0.39 is 11.9 Å². The number of ether oxygens (including phenoxy) is 2. The molecule has 4 heteroatoms. The third-order valence-corrected chi connectivity index (χ3v) is 2.71. The Hall–Kier alpha value is -1.55.